The Kier molecular flexibility index (Phi) is 7.95. The second-order valence-corrected chi connectivity index (χ2v) is 9.52. The van der Waals surface area contributed by atoms with Crippen LogP contribution >= 0.6 is 0 Å². The van der Waals surface area contributed by atoms with Crippen LogP contribution in [0.25, 0.3) is 0 Å². The summed E-state index contributed by atoms with van der Waals surface area (Å²) in [7, 11) is 0. The lowest BCUT2D eigenvalue weighted by Crippen LogP contribution is -2.49. The van der Waals surface area contributed by atoms with E-state index in [-0.39, 0.29) is 18.0 Å². The number of carbonyl (C=O) groups is 2. The normalized spacial score (nSPS) is 22.1. The lowest BCUT2D eigenvalue weighted by Gasteiger charge is -2.37. The molecule has 27 heavy (non-hydrogen) atoms. The largest absolute Gasteiger partial charge is 0.444 e. The highest BCUT2D eigenvalue weighted by molar-refractivity contribution is 5.78. The number of nitrogens with zero attached hydrogens (tertiary/aromatic N) is 2. The molecule has 1 aliphatic carbocycles. The van der Waals surface area contributed by atoms with Gasteiger partial charge < -0.3 is 15.0 Å². The average Bonchev–Trinajstić information content (AvgIpc) is 3.03. The highest BCUT2D eigenvalue weighted by Gasteiger charge is 2.29. The summed E-state index contributed by atoms with van der Waals surface area (Å²) in [5.74, 6) is 0.531. The Morgan fingerprint density at radius 1 is 1.15 bits per heavy atom. The molecule has 0 radical (unpaired) electrons. The minimum absolute atomic E-state index is 0.0980. The highest BCUT2D eigenvalue weighted by atomic mass is 16.6. The van der Waals surface area contributed by atoms with E-state index in [1.807, 2.05) is 39.5 Å². The number of likely N-dealkylation sites (tertiary alicyclic amines) is 1. The van der Waals surface area contributed by atoms with Gasteiger partial charge in [0.2, 0.25) is 5.91 Å². The first-order valence-electron chi connectivity index (χ1n) is 10.7. The standard InChI is InChI=1S/C21H39N3O3/c1-16(2)24(20(26)27-21(3,4)5)14-17-9-8-12-23(13-17)15-19(25)22-18-10-6-7-11-18/h16-18H,6-15H2,1-5H3,(H,22,25). The van der Waals surface area contributed by atoms with Gasteiger partial charge in [-0.3, -0.25) is 9.69 Å². The Balaban J connectivity index is 1.84. The van der Waals surface area contributed by atoms with Crippen molar-refractivity contribution in [3.05, 3.63) is 0 Å². The Labute approximate surface area is 165 Å². The quantitative estimate of drug-likeness (QED) is 0.766. The van der Waals surface area contributed by atoms with Crippen LogP contribution in [0.4, 0.5) is 4.79 Å². The molecule has 0 aromatic heterocycles. The van der Waals surface area contributed by atoms with Crippen LogP contribution in [0.5, 0.6) is 0 Å². The number of ether oxygens (including phenoxy) is 1. The Morgan fingerprint density at radius 2 is 1.81 bits per heavy atom. The molecule has 0 spiro atoms. The van der Waals surface area contributed by atoms with Crippen LogP contribution in [-0.4, -0.2) is 65.7 Å². The predicted octanol–water partition coefficient (Wildman–Crippen LogP) is 3.40. The summed E-state index contributed by atoms with van der Waals surface area (Å²) in [6.45, 7) is 12.7. The van der Waals surface area contributed by atoms with Gasteiger partial charge in [-0.1, -0.05) is 12.8 Å². The topological polar surface area (TPSA) is 61.9 Å². The van der Waals surface area contributed by atoms with E-state index in [2.05, 4.69) is 10.2 Å². The monoisotopic (exact) mass is 381 g/mol. The lowest BCUT2D eigenvalue weighted by molar-refractivity contribution is -0.123. The second kappa shape index (κ2) is 9.76. The predicted molar refractivity (Wildman–Crippen MR) is 108 cm³/mol. The lowest BCUT2D eigenvalue weighted by atomic mass is 9.97. The number of piperidine rings is 1. The maximum Gasteiger partial charge on any atom is 0.410 e. The molecule has 1 aliphatic heterocycles. The SMILES string of the molecule is CC(C)N(CC1CCCN(CC(=O)NC2CCCC2)C1)C(=O)OC(C)(C)C. The molecule has 2 rings (SSSR count). The molecular weight excluding hydrogens is 342 g/mol. The van der Waals surface area contributed by atoms with Gasteiger partial charge in [-0.15, -0.1) is 0 Å². The zero-order valence-corrected chi connectivity index (χ0v) is 17.9. The van der Waals surface area contributed by atoms with Crippen LogP contribution in [-0.2, 0) is 9.53 Å². The van der Waals surface area contributed by atoms with E-state index >= 15 is 0 Å². The van der Waals surface area contributed by atoms with Crippen LogP contribution in [0.2, 0.25) is 0 Å². The fourth-order valence-electron chi connectivity index (χ4n) is 4.09. The summed E-state index contributed by atoms with van der Waals surface area (Å²) in [4.78, 5) is 29.0. The van der Waals surface area contributed by atoms with Gasteiger partial charge in [0.05, 0.1) is 6.54 Å². The molecule has 2 fully saturated rings. The van der Waals surface area contributed by atoms with E-state index in [1.165, 1.54) is 12.8 Å². The van der Waals surface area contributed by atoms with Crippen molar-refractivity contribution >= 4 is 12.0 Å². The van der Waals surface area contributed by atoms with Crippen molar-refractivity contribution in [1.82, 2.24) is 15.1 Å². The molecule has 1 saturated carbocycles. The van der Waals surface area contributed by atoms with Crippen LogP contribution < -0.4 is 5.32 Å². The summed E-state index contributed by atoms with van der Waals surface area (Å²) in [6.07, 6.45) is 6.61. The molecule has 1 atom stereocenters. The van der Waals surface area contributed by atoms with Crippen molar-refractivity contribution in [3.63, 3.8) is 0 Å². The number of carbonyl (C=O) groups excluding carboxylic acids is 2. The van der Waals surface area contributed by atoms with Crippen LogP contribution in [0.1, 0.15) is 73.1 Å². The molecule has 2 amide bonds. The van der Waals surface area contributed by atoms with Crippen molar-refractivity contribution in [2.24, 2.45) is 5.92 Å². The maximum atomic E-state index is 12.6. The van der Waals surface area contributed by atoms with Gasteiger partial charge in [0.15, 0.2) is 0 Å². The minimum Gasteiger partial charge on any atom is -0.444 e. The third kappa shape index (κ3) is 7.68. The van der Waals surface area contributed by atoms with Crippen molar-refractivity contribution in [1.29, 1.82) is 0 Å². The molecule has 0 aromatic carbocycles. The average molecular weight is 382 g/mol. The van der Waals surface area contributed by atoms with Gasteiger partial charge in [0, 0.05) is 25.2 Å². The number of hydrogen-bond donors (Lipinski definition) is 1. The van der Waals surface area contributed by atoms with Crippen LogP contribution in [0, 0.1) is 5.92 Å². The molecule has 0 bridgehead atoms. The molecule has 1 N–H and O–H groups in total. The summed E-state index contributed by atoms with van der Waals surface area (Å²) in [5, 5.41) is 3.18. The van der Waals surface area contributed by atoms with Gasteiger partial charge in [-0.2, -0.15) is 0 Å². The molecule has 2 aliphatic rings. The molecular formula is C21H39N3O3. The first-order valence-corrected chi connectivity index (χ1v) is 10.7. The van der Waals surface area contributed by atoms with Crippen molar-refractivity contribution in [3.8, 4) is 0 Å². The fourth-order valence-corrected chi connectivity index (χ4v) is 4.09. The van der Waals surface area contributed by atoms with E-state index in [0.717, 1.165) is 38.8 Å². The summed E-state index contributed by atoms with van der Waals surface area (Å²) in [6, 6.07) is 0.475. The molecule has 1 unspecified atom stereocenters. The zero-order valence-electron chi connectivity index (χ0n) is 17.9. The summed E-state index contributed by atoms with van der Waals surface area (Å²) >= 11 is 0. The zero-order chi connectivity index (χ0) is 20.0. The summed E-state index contributed by atoms with van der Waals surface area (Å²) < 4.78 is 5.58. The molecule has 6 heteroatoms. The van der Waals surface area contributed by atoms with Crippen LogP contribution in [0.15, 0.2) is 0 Å². The molecule has 6 nitrogen and oxygen atoms in total. The molecule has 0 aromatic rings. The Bertz CT molecular complexity index is 495. The number of rotatable bonds is 6. The van der Waals surface area contributed by atoms with Gasteiger partial charge in [-0.25, -0.2) is 4.79 Å². The molecule has 1 saturated heterocycles. The van der Waals surface area contributed by atoms with E-state index in [1.54, 1.807) is 0 Å². The summed E-state index contributed by atoms with van der Waals surface area (Å²) in [5.41, 5.74) is -0.485. The Morgan fingerprint density at radius 3 is 2.41 bits per heavy atom. The van der Waals surface area contributed by atoms with E-state index in [9.17, 15) is 9.59 Å². The third-order valence-electron chi connectivity index (χ3n) is 5.40. The minimum atomic E-state index is -0.485. The highest BCUT2D eigenvalue weighted by Crippen LogP contribution is 2.21. The molecule has 156 valence electrons. The number of amides is 2. The van der Waals surface area contributed by atoms with Gasteiger partial charge in [0.1, 0.15) is 5.60 Å². The van der Waals surface area contributed by atoms with Gasteiger partial charge in [-0.05, 0) is 72.8 Å². The first kappa shape index (κ1) is 22.0. The maximum absolute atomic E-state index is 12.6. The molecule has 1 heterocycles. The van der Waals surface area contributed by atoms with E-state index in [4.69, 9.17) is 4.74 Å². The van der Waals surface area contributed by atoms with Gasteiger partial charge >= 0.3 is 6.09 Å². The smallest absolute Gasteiger partial charge is 0.410 e. The van der Waals surface area contributed by atoms with E-state index in [0.29, 0.717) is 25.0 Å². The van der Waals surface area contributed by atoms with Crippen molar-refractivity contribution in [2.75, 3.05) is 26.2 Å². The number of hydrogen-bond acceptors (Lipinski definition) is 4. The van der Waals surface area contributed by atoms with Crippen molar-refractivity contribution < 1.29 is 14.3 Å². The van der Waals surface area contributed by atoms with E-state index < -0.39 is 5.60 Å². The Hall–Kier alpha value is -1.30. The van der Waals surface area contributed by atoms with Crippen LogP contribution in [0.3, 0.4) is 0 Å². The fraction of sp³-hybridized carbons (Fsp3) is 0.905. The third-order valence-corrected chi connectivity index (χ3v) is 5.40. The second-order valence-electron chi connectivity index (χ2n) is 9.52. The van der Waals surface area contributed by atoms with Crippen molar-refractivity contribution in [2.45, 2.75) is 90.8 Å². The van der Waals surface area contributed by atoms with Gasteiger partial charge in [0.25, 0.3) is 0 Å². The first-order chi connectivity index (χ1) is 12.6. The number of nitrogens with one attached hydrogen (secondary N) is 1.